The van der Waals surface area contributed by atoms with Crippen molar-refractivity contribution in [1.82, 2.24) is 0 Å². The fourth-order valence-corrected chi connectivity index (χ4v) is 2.11. The maximum atomic E-state index is 12.0. The van der Waals surface area contributed by atoms with Gasteiger partial charge in [-0.15, -0.1) is 0 Å². The minimum Gasteiger partial charge on any atom is -0.395 e. The Kier molecular flexibility index (Phi) is 3.10. The molecule has 1 aliphatic rings. The van der Waals surface area contributed by atoms with Crippen LogP contribution in [0.4, 0.5) is 5.69 Å². The van der Waals surface area contributed by atoms with Gasteiger partial charge in [-0.3, -0.25) is 9.59 Å². The molecule has 17 heavy (non-hydrogen) atoms. The number of aliphatic hydroxyl groups excluding tert-OH is 1. The third-order valence-electron chi connectivity index (χ3n) is 2.94. The molecule has 0 saturated heterocycles. The number of carbonyl (C=O) groups excluding carboxylic acids is 2. The lowest BCUT2D eigenvalue weighted by Gasteiger charge is -2.32. The van der Waals surface area contributed by atoms with Gasteiger partial charge in [0.15, 0.2) is 0 Å². The van der Waals surface area contributed by atoms with E-state index < -0.39 is 11.8 Å². The van der Waals surface area contributed by atoms with Crippen molar-refractivity contribution in [3.63, 3.8) is 0 Å². The van der Waals surface area contributed by atoms with Crippen LogP contribution in [-0.4, -0.2) is 30.1 Å². The van der Waals surface area contributed by atoms with Crippen LogP contribution in [-0.2, 0) is 16.0 Å². The molecule has 0 spiro atoms. The Morgan fingerprint density at radius 2 is 2.18 bits per heavy atom. The van der Waals surface area contributed by atoms with Crippen molar-refractivity contribution in [2.45, 2.75) is 6.42 Å². The molecule has 5 nitrogen and oxygen atoms in total. The van der Waals surface area contributed by atoms with Crippen molar-refractivity contribution in [2.75, 3.05) is 18.1 Å². The molecule has 0 aliphatic carbocycles. The van der Waals surface area contributed by atoms with Crippen molar-refractivity contribution in [3.05, 3.63) is 29.8 Å². The van der Waals surface area contributed by atoms with Crippen molar-refractivity contribution >= 4 is 17.5 Å². The normalized spacial score (nSPS) is 19.0. The van der Waals surface area contributed by atoms with E-state index in [4.69, 9.17) is 10.8 Å². The molecule has 1 atom stereocenters. The van der Waals surface area contributed by atoms with Crippen LogP contribution in [0.2, 0.25) is 0 Å². The Morgan fingerprint density at radius 3 is 2.82 bits per heavy atom. The van der Waals surface area contributed by atoms with Gasteiger partial charge in [-0.2, -0.15) is 0 Å². The smallest absolute Gasteiger partial charge is 0.239 e. The van der Waals surface area contributed by atoms with E-state index in [-0.39, 0.29) is 19.1 Å². The van der Waals surface area contributed by atoms with Gasteiger partial charge < -0.3 is 15.7 Å². The van der Waals surface area contributed by atoms with Gasteiger partial charge in [-0.25, -0.2) is 0 Å². The molecule has 1 aliphatic heterocycles. The average molecular weight is 234 g/mol. The topological polar surface area (TPSA) is 83.6 Å². The highest BCUT2D eigenvalue weighted by molar-refractivity contribution is 6.09. The van der Waals surface area contributed by atoms with Gasteiger partial charge in [0.2, 0.25) is 11.8 Å². The Balaban J connectivity index is 2.43. The lowest BCUT2D eigenvalue weighted by molar-refractivity contribution is -0.132. The van der Waals surface area contributed by atoms with Crippen LogP contribution in [0.15, 0.2) is 24.3 Å². The summed E-state index contributed by atoms with van der Waals surface area (Å²) >= 11 is 0. The molecular weight excluding hydrogens is 220 g/mol. The van der Waals surface area contributed by atoms with Crippen molar-refractivity contribution < 1.29 is 14.7 Å². The quantitative estimate of drug-likeness (QED) is 0.702. The number of primary amides is 1. The van der Waals surface area contributed by atoms with Crippen LogP contribution in [0.5, 0.6) is 0 Å². The molecule has 1 aromatic rings. The fourth-order valence-electron chi connectivity index (χ4n) is 2.11. The van der Waals surface area contributed by atoms with Gasteiger partial charge in [0.25, 0.3) is 0 Å². The number of nitrogens with two attached hydrogens (primary N) is 1. The van der Waals surface area contributed by atoms with Gasteiger partial charge in [0.05, 0.1) is 6.61 Å². The highest BCUT2D eigenvalue weighted by Crippen LogP contribution is 2.29. The number of hydrogen-bond acceptors (Lipinski definition) is 3. The number of rotatable bonds is 3. The van der Waals surface area contributed by atoms with Crippen LogP contribution >= 0.6 is 0 Å². The predicted molar refractivity (Wildman–Crippen MR) is 62.3 cm³/mol. The fraction of sp³-hybridized carbons (Fsp3) is 0.333. The lowest BCUT2D eigenvalue weighted by Crippen LogP contribution is -2.47. The molecule has 0 fully saturated rings. The number of anilines is 1. The first kappa shape index (κ1) is 11.6. The highest BCUT2D eigenvalue weighted by atomic mass is 16.3. The second-order valence-corrected chi connectivity index (χ2v) is 4.00. The maximum Gasteiger partial charge on any atom is 0.239 e. The molecule has 0 bridgehead atoms. The van der Waals surface area contributed by atoms with E-state index in [1.807, 2.05) is 18.2 Å². The van der Waals surface area contributed by atoms with Crippen molar-refractivity contribution in [1.29, 1.82) is 0 Å². The molecule has 1 aromatic carbocycles. The number of fused-ring (bicyclic) bond motifs is 1. The Labute approximate surface area is 98.8 Å². The summed E-state index contributed by atoms with van der Waals surface area (Å²) in [5.74, 6) is -1.77. The summed E-state index contributed by atoms with van der Waals surface area (Å²) in [6.07, 6.45) is 0.340. The van der Waals surface area contributed by atoms with Gasteiger partial charge in [-0.05, 0) is 18.1 Å². The van der Waals surface area contributed by atoms with Crippen molar-refractivity contribution in [2.24, 2.45) is 11.7 Å². The number of para-hydroxylation sites is 1. The third kappa shape index (κ3) is 2.01. The Morgan fingerprint density at radius 1 is 1.47 bits per heavy atom. The SMILES string of the molecule is NC(=O)C1Cc2ccccc2N(CCO)C1=O. The van der Waals surface area contributed by atoms with E-state index in [9.17, 15) is 9.59 Å². The molecule has 0 radical (unpaired) electrons. The summed E-state index contributed by atoms with van der Waals surface area (Å²) in [5.41, 5.74) is 6.88. The van der Waals surface area contributed by atoms with Gasteiger partial charge in [-0.1, -0.05) is 18.2 Å². The zero-order chi connectivity index (χ0) is 12.4. The first-order chi connectivity index (χ1) is 8.15. The zero-order valence-electron chi connectivity index (χ0n) is 9.30. The van der Waals surface area contributed by atoms with E-state index in [1.165, 1.54) is 4.90 Å². The lowest BCUT2D eigenvalue weighted by atomic mass is 9.91. The average Bonchev–Trinajstić information content (AvgIpc) is 2.32. The van der Waals surface area contributed by atoms with Crippen LogP contribution < -0.4 is 10.6 Å². The summed E-state index contributed by atoms with van der Waals surface area (Å²) < 4.78 is 0. The number of amides is 2. The molecule has 3 N–H and O–H groups in total. The molecule has 1 heterocycles. The second kappa shape index (κ2) is 4.55. The summed E-state index contributed by atoms with van der Waals surface area (Å²) in [6.45, 7) is 0.0329. The van der Waals surface area contributed by atoms with E-state index in [0.29, 0.717) is 6.42 Å². The Hall–Kier alpha value is -1.88. The molecule has 0 saturated carbocycles. The second-order valence-electron chi connectivity index (χ2n) is 4.00. The number of carbonyl (C=O) groups is 2. The van der Waals surface area contributed by atoms with Crippen LogP contribution in [0.1, 0.15) is 5.56 Å². The third-order valence-corrected chi connectivity index (χ3v) is 2.94. The number of benzene rings is 1. The Bertz CT molecular complexity index is 459. The van der Waals surface area contributed by atoms with Crippen LogP contribution in [0.25, 0.3) is 0 Å². The van der Waals surface area contributed by atoms with E-state index >= 15 is 0 Å². The summed E-state index contributed by atoms with van der Waals surface area (Å²) in [7, 11) is 0. The molecule has 90 valence electrons. The maximum absolute atomic E-state index is 12.0. The van der Waals surface area contributed by atoms with E-state index in [2.05, 4.69) is 0 Å². The first-order valence-corrected chi connectivity index (χ1v) is 5.44. The van der Waals surface area contributed by atoms with Gasteiger partial charge >= 0.3 is 0 Å². The standard InChI is InChI=1S/C12H14N2O3/c13-11(16)9-7-8-3-1-2-4-10(8)14(5-6-15)12(9)17/h1-4,9,15H,5-7H2,(H2,13,16). The summed E-state index contributed by atoms with van der Waals surface area (Å²) in [6, 6.07) is 7.34. The number of hydrogen-bond donors (Lipinski definition) is 2. The summed E-state index contributed by atoms with van der Waals surface area (Å²) in [4.78, 5) is 24.7. The number of nitrogens with zero attached hydrogens (tertiary/aromatic N) is 1. The van der Waals surface area contributed by atoms with E-state index in [0.717, 1.165) is 11.3 Å². The molecule has 2 rings (SSSR count). The van der Waals surface area contributed by atoms with E-state index in [1.54, 1.807) is 6.07 Å². The molecule has 0 aromatic heterocycles. The van der Waals surface area contributed by atoms with Crippen LogP contribution in [0.3, 0.4) is 0 Å². The minimum absolute atomic E-state index is 0.147. The van der Waals surface area contributed by atoms with Gasteiger partial charge in [0.1, 0.15) is 5.92 Å². The van der Waals surface area contributed by atoms with Crippen LogP contribution in [0, 0.1) is 5.92 Å². The number of aliphatic hydroxyl groups is 1. The molecule has 2 amide bonds. The highest BCUT2D eigenvalue weighted by Gasteiger charge is 2.35. The first-order valence-electron chi connectivity index (χ1n) is 5.44. The summed E-state index contributed by atoms with van der Waals surface area (Å²) in [5, 5.41) is 8.98. The molecule has 5 heteroatoms. The molecular formula is C12H14N2O3. The van der Waals surface area contributed by atoms with Gasteiger partial charge in [0, 0.05) is 12.2 Å². The van der Waals surface area contributed by atoms with Crippen molar-refractivity contribution in [3.8, 4) is 0 Å². The predicted octanol–water partition coefficient (Wildman–Crippen LogP) is -0.331. The monoisotopic (exact) mass is 234 g/mol. The molecule has 1 unspecified atom stereocenters. The zero-order valence-corrected chi connectivity index (χ0v) is 9.30. The minimum atomic E-state index is -0.823. The largest absolute Gasteiger partial charge is 0.395 e. The number of β-amino-alcohol motifs (C(OH)–C–C–N with tert-alkyl or cyclic N) is 1.